The zero-order valence-corrected chi connectivity index (χ0v) is 17.8. The maximum atomic E-state index is 13.6. The normalized spacial score (nSPS) is 14.9. The van der Waals surface area contributed by atoms with Gasteiger partial charge in [-0.05, 0) is 68.1 Å². The van der Waals surface area contributed by atoms with E-state index in [9.17, 15) is 4.79 Å². The summed E-state index contributed by atoms with van der Waals surface area (Å²) in [6.07, 6.45) is 4.54. The second kappa shape index (κ2) is 7.28. The van der Waals surface area contributed by atoms with Gasteiger partial charge in [0.05, 0.1) is 11.0 Å². The molecular weight excluding hydrogens is 372 g/mol. The number of hydrogen-bond acceptors (Lipinski definition) is 2. The van der Waals surface area contributed by atoms with Crippen molar-refractivity contribution in [3.8, 4) is 0 Å². The molecule has 2 heterocycles. The summed E-state index contributed by atoms with van der Waals surface area (Å²) in [5.74, 6) is 0.0898. The molecule has 5 nitrogen and oxygen atoms in total. The van der Waals surface area contributed by atoms with E-state index in [-0.39, 0.29) is 5.91 Å². The Morgan fingerprint density at radius 3 is 2.54 bits per heavy atom. The monoisotopic (exact) mass is 398 g/mol. The number of halogens is 1. The lowest BCUT2D eigenvalue weighted by atomic mass is 10.1. The minimum absolute atomic E-state index is 0.0898. The van der Waals surface area contributed by atoms with Crippen molar-refractivity contribution in [3.63, 3.8) is 0 Å². The first-order valence-corrected chi connectivity index (χ1v) is 10.3. The van der Waals surface area contributed by atoms with Gasteiger partial charge in [-0.25, -0.2) is 4.98 Å². The van der Waals surface area contributed by atoms with Crippen molar-refractivity contribution in [2.45, 2.75) is 52.1 Å². The fraction of sp³-hybridized carbons (Fsp3) is 0.455. The van der Waals surface area contributed by atoms with Crippen LogP contribution in [0.5, 0.6) is 0 Å². The summed E-state index contributed by atoms with van der Waals surface area (Å²) in [7, 11) is 3.95. The van der Waals surface area contributed by atoms with Crippen LogP contribution in [0.2, 0.25) is 5.28 Å². The van der Waals surface area contributed by atoms with Crippen LogP contribution < -0.4 is 0 Å². The molecule has 0 N–H and O–H groups in total. The minimum atomic E-state index is 0.0898. The summed E-state index contributed by atoms with van der Waals surface area (Å²) >= 11 is 6.15. The van der Waals surface area contributed by atoms with Gasteiger partial charge in [-0.15, -0.1) is 0 Å². The zero-order valence-electron chi connectivity index (χ0n) is 17.0. The molecule has 0 saturated heterocycles. The van der Waals surface area contributed by atoms with E-state index in [0.29, 0.717) is 23.4 Å². The van der Waals surface area contributed by atoms with Gasteiger partial charge in [0.1, 0.15) is 0 Å². The highest BCUT2D eigenvalue weighted by Crippen LogP contribution is 2.29. The van der Waals surface area contributed by atoms with Crippen LogP contribution in [0.4, 0.5) is 0 Å². The van der Waals surface area contributed by atoms with Crippen LogP contribution in [0.1, 0.15) is 53.0 Å². The molecule has 1 fully saturated rings. The average molecular weight is 399 g/mol. The number of imidazole rings is 1. The molecule has 0 aliphatic heterocycles. The van der Waals surface area contributed by atoms with Crippen molar-refractivity contribution in [2.24, 2.45) is 14.1 Å². The smallest absolute Gasteiger partial charge is 0.254 e. The van der Waals surface area contributed by atoms with Gasteiger partial charge in [0.15, 0.2) is 0 Å². The maximum Gasteiger partial charge on any atom is 0.254 e. The first-order valence-electron chi connectivity index (χ1n) is 9.91. The van der Waals surface area contributed by atoms with E-state index in [2.05, 4.69) is 41.4 Å². The van der Waals surface area contributed by atoms with Crippen molar-refractivity contribution >= 4 is 28.5 Å². The Morgan fingerprint density at radius 1 is 1.18 bits per heavy atom. The van der Waals surface area contributed by atoms with Crippen LogP contribution in [0.15, 0.2) is 24.3 Å². The Morgan fingerprint density at radius 2 is 1.89 bits per heavy atom. The molecule has 0 atom stereocenters. The first-order chi connectivity index (χ1) is 13.4. The number of nitrogens with zero attached hydrogens (tertiary/aromatic N) is 4. The molecule has 0 spiro atoms. The molecule has 1 amide bonds. The van der Waals surface area contributed by atoms with Crippen LogP contribution in [0.25, 0.3) is 11.0 Å². The molecule has 1 aromatic carbocycles. The molecule has 1 aliphatic carbocycles. The quantitative estimate of drug-likeness (QED) is 0.635. The Hall–Kier alpha value is -2.27. The fourth-order valence-electron chi connectivity index (χ4n) is 4.32. The lowest BCUT2D eigenvalue weighted by Gasteiger charge is -2.29. The molecule has 28 heavy (non-hydrogen) atoms. The van der Waals surface area contributed by atoms with Crippen molar-refractivity contribution in [2.75, 3.05) is 0 Å². The highest BCUT2D eigenvalue weighted by Gasteiger charge is 2.29. The van der Waals surface area contributed by atoms with Crippen LogP contribution in [-0.4, -0.2) is 31.0 Å². The number of amides is 1. The Bertz CT molecular complexity index is 1040. The second-order valence-electron chi connectivity index (χ2n) is 7.97. The minimum Gasteiger partial charge on any atom is -0.352 e. The molecule has 148 valence electrons. The van der Waals surface area contributed by atoms with Gasteiger partial charge in [-0.3, -0.25) is 4.79 Å². The SMILES string of the molecule is Cc1cc(CN(C(=O)c2ccc3nc(Cl)n(C)c3c2)C2CCCC2)c(C)n1C. The molecule has 1 saturated carbocycles. The topological polar surface area (TPSA) is 43.1 Å². The molecule has 0 radical (unpaired) electrons. The maximum absolute atomic E-state index is 13.6. The van der Waals surface area contributed by atoms with Crippen LogP contribution in [0, 0.1) is 13.8 Å². The van der Waals surface area contributed by atoms with E-state index in [1.165, 1.54) is 29.8 Å². The summed E-state index contributed by atoms with van der Waals surface area (Å²) < 4.78 is 4.01. The molecule has 1 aliphatic rings. The Kier molecular flexibility index (Phi) is 4.96. The Balaban J connectivity index is 1.70. The third-order valence-corrected chi connectivity index (χ3v) is 6.66. The molecule has 4 rings (SSSR count). The molecule has 0 bridgehead atoms. The van der Waals surface area contributed by atoms with Crippen molar-refractivity contribution in [1.29, 1.82) is 0 Å². The average Bonchev–Trinajstić information content (AvgIpc) is 3.37. The van der Waals surface area contributed by atoms with E-state index >= 15 is 0 Å². The predicted molar refractivity (Wildman–Crippen MR) is 113 cm³/mol. The van der Waals surface area contributed by atoms with Crippen molar-refractivity contribution in [1.82, 2.24) is 19.0 Å². The third kappa shape index (κ3) is 3.22. The number of aryl methyl sites for hydroxylation is 2. The van der Waals surface area contributed by atoms with Crippen molar-refractivity contribution < 1.29 is 4.79 Å². The molecule has 0 unspecified atom stereocenters. The molecular formula is C22H27ClN4O. The fourth-order valence-corrected chi connectivity index (χ4v) is 4.50. The van der Waals surface area contributed by atoms with E-state index in [1.54, 1.807) is 0 Å². The van der Waals surface area contributed by atoms with Gasteiger partial charge in [0, 0.05) is 43.6 Å². The van der Waals surface area contributed by atoms with Crippen LogP contribution in [-0.2, 0) is 20.6 Å². The molecule has 2 aromatic heterocycles. The van der Waals surface area contributed by atoms with Crippen LogP contribution >= 0.6 is 11.6 Å². The number of rotatable bonds is 4. The standard InChI is InChI=1S/C22H27ClN4O/c1-14-11-17(15(2)25(14)3)13-27(18-7-5-6-8-18)21(28)16-9-10-19-20(12-16)26(4)22(23)24-19/h9-12,18H,5-8,13H2,1-4H3. The van der Waals surface area contributed by atoms with E-state index in [1.807, 2.05) is 29.8 Å². The van der Waals surface area contributed by atoms with Gasteiger partial charge in [0.25, 0.3) is 5.91 Å². The summed E-state index contributed by atoms with van der Waals surface area (Å²) in [6.45, 7) is 4.89. The summed E-state index contributed by atoms with van der Waals surface area (Å²) in [5.41, 5.74) is 6.06. The first kappa shape index (κ1) is 19.1. The van der Waals surface area contributed by atoms with Gasteiger partial charge < -0.3 is 14.0 Å². The number of carbonyl (C=O) groups is 1. The van der Waals surface area contributed by atoms with Gasteiger partial charge in [-0.1, -0.05) is 12.8 Å². The summed E-state index contributed by atoms with van der Waals surface area (Å²) in [6, 6.07) is 8.19. The predicted octanol–water partition coefficient (Wildman–Crippen LogP) is 4.77. The molecule has 6 heteroatoms. The highest BCUT2D eigenvalue weighted by molar-refractivity contribution is 6.29. The van der Waals surface area contributed by atoms with Crippen LogP contribution in [0.3, 0.4) is 0 Å². The number of aromatic nitrogens is 3. The number of benzene rings is 1. The van der Waals surface area contributed by atoms with E-state index < -0.39 is 0 Å². The van der Waals surface area contributed by atoms with E-state index in [0.717, 1.165) is 23.9 Å². The van der Waals surface area contributed by atoms with Crippen molar-refractivity contribution in [3.05, 3.63) is 52.1 Å². The van der Waals surface area contributed by atoms with E-state index in [4.69, 9.17) is 11.6 Å². The molecule has 3 aromatic rings. The summed E-state index contributed by atoms with van der Waals surface area (Å²) in [5, 5.41) is 0.433. The van der Waals surface area contributed by atoms with Gasteiger partial charge in [-0.2, -0.15) is 0 Å². The highest BCUT2D eigenvalue weighted by atomic mass is 35.5. The lowest BCUT2D eigenvalue weighted by Crippen LogP contribution is -2.38. The number of hydrogen-bond donors (Lipinski definition) is 0. The Labute approximate surface area is 170 Å². The summed E-state index contributed by atoms with van der Waals surface area (Å²) in [4.78, 5) is 20.0. The number of carbonyl (C=O) groups excluding carboxylic acids is 1. The van der Waals surface area contributed by atoms with Gasteiger partial charge in [0.2, 0.25) is 5.28 Å². The zero-order chi connectivity index (χ0) is 20.0. The second-order valence-corrected chi connectivity index (χ2v) is 8.31. The lowest BCUT2D eigenvalue weighted by molar-refractivity contribution is 0.0664. The largest absolute Gasteiger partial charge is 0.352 e. The number of fused-ring (bicyclic) bond motifs is 1. The third-order valence-electron chi connectivity index (χ3n) is 6.32. The van der Waals surface area contributed by atoms with Gasteiger partial charge >= 0.3 is 0 Å².